The quantitative estimate of drug-likeness (QED) is 0.647. The highest BCUT2D eigenvalue weighted by Gasteiger charge is 2.34. The van der Waals surface area contributed by atoms with Gasteiger partial charge in [0.2, 0.25) is 0 Å². The lowest BCUT2D eigenvalue weighted by Gasteiger charge is -2.38. The van der Waals surface area contributed by atoms with Gasteiger partial charge in [-0.25, -0.2) is 4.79 Å². The second kappa shape index (κ2) is 8.16. The Morgan fingerprint density at radius 1 is 1.00 bits per heavy atom. The molecule has 152 valence electrons. The van der Waals surface area contributed by atoms with Crippen LogP contribution < -0.4 is 19.7 Å². The zero-order valence-corrected chi connectivity index (χ0v) is 16.2. The molecule has 0 aromatic heterocycles. The molecule has 2 N–H and O–H groups in total. The molecule has 3 aromatic carbocycles. The topological polar surface area (TPSA) is 88.1 Å². The number of carbonyl (C=O) groups excluding carboxylic acids is 1. The lowest BCUT2D eigenvalue weighted by molar-refractivity contribution is -0.139. The Balaban J connectivity index is 1.71. The van der Waals surface area contributed by atoms with Crippen LogP contribution in [0.5, 0.6) is 11.5 Å². The molecule has 0 unspecified atom stereocenters. The predicted molar refractivity (Wildman–Crippen MR) is 112 cm³/mol. The summed E-state index contributed by atoms with van der Waals surface area (Å²) in [5.41, 5.74) is 2.89. The van der Waals surface area contributed by atoms with Gasteiger partial charge < -0.3 is 19.9 Å². The summed E-state index contributed by atoms with van der Waals surface area (Å²) in [7, 11) is 1.59. The van der Waals surface area contributed by atoms with Crippen molar-refractivity contribution in [3.05, 3.63) is 83.9 Å². The van der Waals surface area contributed by atoms with Crippen LogP contribution in [0.15, 0.2) is 72.8 Å². The van der Waals surface area contributed by atoms with Gasteiger partial charge in [-0.1, -0.05) is 24.3 Å². The number of fused-ring (bicyclic) bond motifs is 1. The van der Waals surface area contributed by atoms with E-state index in [1.54, 1.807) is 30.2 Å². The van der Waals surface area contributed by atoms with Crippen LogP contribution in [0.1, 0.15) is 22.1 Å². The first-order chi connectivity index (χ1) is 14.6. The second-order valence-corrected chi connectivity index (χ2v) is 6.72. The molecule has 0 bridgehead atoms. The lowest BCUT2D eigenvalue weighted by Crippen LogP contribution is -2.43. The van der Waals surface area contributed by atoms with Crippen LogP contribution >= 0.6 is 0 Å². The van der Waals surface area contributed by atoms with Gasteiger partial charge in [0.15, 0.2) is 6.61 Å². The number of anilines is 2. The Morgan fingerprint density at radius 3 is 2.33 bits per heavy atom. The van der Waals surface area contributed by atoms with Gasteiger partial charge in [-0.2, -0.15) is 0 Å². The van der Waals surface area contributed by atoms with Crippen molar-refractivity contribution in [2.24, 2.45) is 0 Å². The summed E-state index contributed by atoms with van der Waals surface area (Å²) < 4.78 is 10.4. The minimum atomic E-state index is -1.04. The number of nitrogens with one attached hydrogen (secondary N) is 1. The monoisotopic (exact) mass is 404 g/mol. The molecule has 30 heavy (non-hydrogen) atoms. The van der Waals surface area contributed by atoms with E-state index < -0.39 is 18.7 Å². The molecule has 3 aromatic rings. The summed E-state index contributed by atoms with van der Waals surface area (Å²) in [5.74, 6) is -0.0145. The van der Waals surface area contributed by atoms with Gasteiger partial charge in [0.1, 0.15) is 17.7 Å². The molecule has 7 heteroatoms. The number of benzene rings is 3. The number of carboxylic acids is 1. The van der Waals surface area contributed by atoms with Gasteiger partial charge in [-0.05, 0) is 54.1 Å². The summed E-state index contributed by atoms with van der Waals surface area (Å²) >= 11 is 0. The fraction of sp³-hybridized carbons (Fsp3) is 0.130. The van der Waals surface area contributed by atoms with Crippen molar-refractivity contribution in [2.75, 3.05) is 23.9 Å². The average molecular weight is 404 g/mol. The van der Waals surface area contributed by atoms with Crippen molar-refractivity contribution in [3.8, 4) is 11.5 Å². The molecular weight excluding hydrogens is 384 g/mol. The standard InChI is InChI=1S/C23H20N2O5/c1-29-17-12-8-16(9-13-17)25-22(24-20-5-3-2-4-19(20)23(25)28)15-6-10-18(11-7-15)30-14-21(26)27/h2-13,22,24H,14H2,1H3,(H,26,27)/t22-/m0/s1. The van der Waals surface area contributed by atoms with Crippen LogP contribution in [0, 0.1) is 0 Å². The van der Waals surface area contributed by atoms with E-state index in [4.69, 9.17) is 14.6 Å². The number of carbonyl (C=O) groups is 2. The maximum absolute atomic E-state index is 13.4. The van der Waals surface area contributed by atoms with Gasteiger partial charge in [0, 0.05) is 11.4 Å². The molecule has 1 aliphatic heterocycles. The normalized spacial score (nSPS) is 15.2. The lowest BCUT2D eigenvalue weighted by atomic mass is 10.0. The highest BCUT2D eigenvalue weighted by molar-refractivity contribution is 6.12. The number of nitrogens with zero attached hydrogens (tertiary/aromatic N) is 1. The number of amides is 1. The van der Waals surface area contributed by atoms with Gasteiger partial charge in [0.25, 0.3) is 5.91 Å². The van der Waals surface area contributed by atoms with Crippen LogP contribution in [-0.2, 0) is 4.79 Å². The first kappa shape index (κ1) is 19.3. The third-order valence-corrected chi connectivity index (χ3v) is 4.84. The molecule has 0 fully saturated rings. The van der Waals surface area contributed by atoms with Crippen molar-refractivity contribution < 1.29 is 24.2 Å². The highest BCUT2D eigenvalue weighted by Crippen LogP contribution is 2.37. The van der Waals surface area contributed by atoms with Crippen molar-refractivity contribution in [3.63, 3.8) is 0 Å². The van der Waals surface area contributed by atoms with E-state index in [1.807, 2.05) is 54.6 Å². The number of aliphatic carboxylic acids is 1. The summed E-state index contributed by atoms with van der Waals surface area (Å²) in [6, 6.07) is 21.7. The second-order valence-electron chi connectivity index (χ2n) is 6.72. The van der Waals surface area contributed by atoms with Crippen LogP contribution in [0.3, 0.4) is 0 Å². The van der Waals surface area contributed by atoms with E-state index in [0.29, 0.717) is 17.1 Å². The summed E-state index contributed by atoms with van der Waals surface area (Å²) in [4.78, 5) is 25.8. The largest absolute Gasteiger partial charge is 0.497 e. The van der Waals surface area contributed by atoms with Gasteiger partial charge in [-0.15, -0.1) is 0 Å². The van der Waals surface area contributed by atoms with Crippen molar-refractivity contribution >= 4 is 23.3 Å². The van der Waals surface area contributed by atoms with E-state index in [9.17, 15) is 9.59 Å². The summed E-state index contributed by atoms with van der Waals surface area (Å²) in [5, 5.41) is 12.2. The Hall–Kier alpha value is -4.00. The summed E-state index contributed by atoms with van der Waals surface area (Å²) in [6.45, 7) is -0.412. The molecule has 7 nitrogen and oxygen atoms in total. The molecule has 1 heterocycles. The SMILES string of the molecule is COc1ccc(N2C(=O)c3ccccc3N[C@@H]2c2ccc(OCC(=O)O)cc2)cc1. The number of hydrogen-bond acceptors (Lipinski definition) is 5. The molecule has 1 atom stereocenters. The zero-order valence-electron chi connectivity index (χ0n) is 16.2. The molecule has 0 saturated heterocycles. The van der Waals surface area contributed by atoms with E-state index in [1.165, 1.54) is 0 Å². The Bertz CT molecular complexity index is 1060. The fourth-order valence-electron chi connectivity index (χ4n) is 3.39. The van der Waals surface area contributed by atoms with Gasteiger partial charge in [0.05, 0.1) is 12.7 Å². The van der Waals surface area contributed by atoms with E-state index in [2.05, 4.69) is 5.32 Å². The molecule has 0 aliphatic carbocycles. The molecule has 4 rings (SSSR count). The van der Waals surface area contributed by atoms with E-state index in [-0.39, 0.29) is 5.91 Å². The Kier molecular flexibility index (Phi) is 5.26. The number of rotatable bonds is 6. The average Bonchev–Trinajstić information content (AvgIpc) is 2.78. The number of carboxylic acid groups (broad SMARTS) is 1. The fourth-order valence-corrected chi connectivity index (χ4v) is 3.39. The van der Waals surface area contributed by atoms with Crippen LogP contribution in [0.4, 0.5) is 11.4 Å². The van der Waals surface area contributed by atoms with Crippen LogP contribution in [-0.4, -0.2) is 30.7 Å². The van der Waals surface area contributed by atoms with Crippen LogP contribution in [0.2, 0.25) is 0 Å². The smallest absolute Gasteiger partial charge is 0.341 e. The first-order valence-corrected chi connectivity index (χ1v) is 9.34. The Labute approximate surface area is 173 Å². The van der Waals surface area contributed by atoms with Crippen molar-refractivity contribution in [1.82, 2.24) is 0 Å². The molecule has 1 amide bonds. The molecule has 0 spiro atoms. The van der Waals surface area contributed by atoms with Crippen LogP contribution in [0.25, 0.3) is 0 Å². The first-order valence-electron chi connectivity index (χ1n) is 9.34. The minimum absolute atomic E-state index is 0.120. The van der Waals surface area contributed by atoms with Gasteiger partial charge >= 0.3 is 5.97 Å². The predicted octanol–water partition coefficient (Wildman–Crippen LogP) is 3.93. The number of para-hydroxylation sites is 1. The van der Waals surface area contributed by atoms with Crippen molar-refractivity contribution in [1.29, 1.82) is 0 Å². The maximum Gasteiger partial charge on any atom is 0.341 e. The van der Waals surface area contributed by atoms with E-state index >= 15 is 0 Å². The number of ether oxygens (including phenoxy) is 2. The zero-order chi connectivity index (χ0) is 21.1. The maximum atomic E-state index is 13.4. The summed E-state index contributed by atoms with van der Waals surface area (Å²) in [6.07, 6.45) is -0.450. The Morgan fingerprint density at radius 2 is 1.67 bits per heavy atom. The molecule has 0 saturated carbocycles. The third kappa shape index (κ3) is 3.77. The molecule has 1 aliphatic rings. The third-order valence-electron chi connectivity index (χ3n) is 4.84. The molecule has 0 radical (unpaired) electrons. The van der Waals surface area contributed by atoms with Gasteiger partial charge in [-0.3, -0.25) is 9.69 Å². The van der Waals surface area contributed by atoms with Crippen molar-refractivity contribution in [2.45, 2.75) is 6.17 Å². The number of hydrogen-bond donors (Lipinski definition) is 2. The molecular formula is C23H20N2O5. The minimum Gasteiger partial charge on any atom is -0.497 e. The number of methoxy groups -OCH3 is 1. The highest BCUT2D eigenvalue weighted by atomic mass is 16.5. The van der Waals surface area contributed by atoms with E-state index in [0.717, 1.165) is 16.9 Å².